The molecule has 0 aromatic heterocycles. The summed E-state index contributed by atoms with van der Waals surface area (Å²) in [4.78, 5) is 0. The quantitative estimate of drug-likeness (QED) is 0.748. The molecule has 0 aliphatic carbocycles. The minimum absolute atomic E-state index is 0.152. The summed E-state index contributed by atoms with van der Waals surface area (Å²) in [7, 11) is 1.66. The minimum Gasteiger partial charge on any atom is -0.497 e. The number of ether oxygens (including phenoxy) is 1. The van der Waals surface area contributed by atoms with Gasteiger partial charge in [-0.15, -0.1) is 6.58 Å². The average molecular weight is 288 g/mol. The standard InChI is InChI=1S/C17H18ClNO/c1-3-5-17(13-6-4-7-14(18)12-13)19-15-8-10-16(20-2)11-9-15/h3-4,6-12,17,19H,1,5H2,2H3. The van der Waals surface area contributed by atoms with Crippen LogP contribution in [0.3, 0.4) is 0 Å². The Kier molecular flexibility index (Phi) is 5.08. The van der Waals surface area contributed by atoms with E-state index in [2.05, 4.69) is 18.0 Å². The number of hydrogen-bond acceptors (Lipinski definition) is 2. The summed E-state index contributed by atoms with van der Waals surface area (Å²) in [6, 6.07) is 15.9. The van der Waals surface area contributed by atoms with Crippen LogP contribution >= 0.6 is 11.6 Å². The molecule has 104 valence electrons. The first-order chi connectivity index (χ1) is 9.72. The van der Waals surface area contributed by atoms with Crippen LogP contribution < -0.4 is 10.1 Å². The Hall–Kier alpha value is -1.93. The molecule has 2 nitrogen and oxygen atoms in total. The number of benzene rings is 2. The lowest BCUT2D eigenvalue weighted by Gasteiger charge is -2.19. The Labute approximate surface area is 125 Å². The molecule has 0 aliphatic rings. The van der Waals surface area contributed by atoms with Crippen molar-refractivity contribution < 1.29 is 4.74 Å². The number of anilines is 1. The highest BCUT2D eigenvalue weighted by Crippen LogP contribution is 2.26. The number of halogens is 1. The minimum atomic E-state index is 0.152. The van der Waals surface area contributed by atoms with E-state index < -0.39 is 0 Å². The van der Waals surface area contributed by atoms with E-state index in [1.54, 1.807) is 7.11 Å². The van der Waals surface area contributed by atoms with E-state index in [0.717, 1.165) is 28.4 Å². The highest BCUT2D eigenvalue weighted by atomic mass is 35.5. The molecule has 0 amide bonds. The molecular formula is C17H18ClNO. The van der Waals surface area contributed by atoms with E-state index in [-0.39, 0.29) is 6.04 Å². The van der Waals surface area contributed by atoms with Crippen LogP contribution in [0.4, 0.5) is 5.69 Å². The topological polar surface area (TPSA) is 21.3 Å². The largest absolute Gasteiger partial charge is 0.497 e. The van der Waals surface area contributed by atoms with Crippen LogP contribution in [-0.2, 0) is 0 Å². The van der Waals surface area contributed by atoms with Crippen LogP contribution in [0, 0.1) is 0 Å². The van der Waals surface area contributed by atoms with Gasteiger partial charge in [0, 0.05) is 10.7 Å². The second-order valence-electron chi connectivity index (χ2n) is 4.50. The molecule has 0 heterocycles. The summed E-state index contributed by atoms with van der Waals surface area (Å²) in [5.41, 5.74) is 2.19. The van der Waals surface area contributed by atoms with Crippen molar-refractivity contribution in [3.05, 3.63) is 71.8 Å². The maximum atomic E-state index is 6.06. The van der Waals surface area contributed by atoms with E-state index in [9.17, 15) is 0 Å². The predicted octanol–water partition coefficient (Wildman–Crippen LogP) is 5.08. The number of rotatable bonds is 6. The van der Waals surface area contributed by atoms with Gasteiger partial charge in [-0.05, 0) is 48.4 Å². The van der Waals surface area contributed by atoms with Gasteiger partial charge in [-0.2, -0.15) is 0 Å². The van der Waals surface area contributed by atoms with Crippen LogP contribution in [0.1, 0.15) is 18.0 Å². The van der Waals surface area contributed by atoms with E-state index in [1.807, 2.05) is 48.5 Å². The van der Waals surface area contributed by atoms with Crippen molar-refractivity contribution in [2.75, 3.05) is 12.4 Å². The highest BCUT2D eigenvalue weighted by Gasteiger charge is 2.10. The van der Waals surface area contributed by atoms with Gasteiger partial charge in [-0.1, -0.05) is 29.8 Å². The zero-order chi connectivity index (χ0) is 14.4. The lowest BCUT2D eigenvalue weighted by molar-refractivity contribution is 0.415. The normalized spacial score (nSPS) is 11.7. The highest BCUT2D eigenvalue weighted by molar-refractivity contribution is 6.30. The molecule has 0 bridgehead atoms. The SMILES string of the molecule is C=CCC(Nc1ccc(OC)cc1)c1cccc(Cl)c1. The fourth-order valence-corrected chi connectivity index (χ4v) is 2.26. The molecule has 1 atom stereocenters. The molecule has 0 saturated heterocycles. The molecule has 0 fully saturated rings. The van der Waals surface area contributed by atoms with Gasteiger partial charge in [-0.3, -0.25) is 0 Å². The lowest BCUT2D eigenvalue weighted by atomic mass is 10.0. The first-order valence-electron chi connectivity index (χ1n) is 6.50. The number of methoxy groups -OCH3 is 1. The Bertz CT molecular complexity index is 565. The van der Waals surface area contributed by atoms with Crippen molar-refractivity contribution in [3.8, 4) is 5.75 Å². The van der Waals surface area contributed by atoms with Gasteiger partial charge < -0.3 is 10.1 Å². The molecule has 0 saturated carbocycles. The first-order valence-corrected chi connectivity index (χ1v) is 6.87. The molecule has 0 radical (unpaired) electrons. The molecule has 2 aromatic carbocycles. The van der Waals surface area contributed by atoms with Gasteiger partial charge in [0.2, 0.25) is 0 Å². The van der Waals surface area contributed by atoms with Crippen molar-refractivity contribution in [2.24, 2.45) is 0 Å². The Morgan fingerprint density at radius 2 is 2.00 bits per heavy atom. The summed E-state index contributed by atoms with van der Waals surface area (Å²) >= 11 is 6.06. The third-order valence-corrected chi connectivity index (χ3v) is 3.32. The third-order valence-electron chi connectivity index (χ3n) is 3.08. The molecule has 1 unspecified atom stereocenters. The molecule has 2 rings (SSSR count). The molecule has 0 aliphatic heterocycles. The maximum Gasteiger partial charge on any atom is 0.119 e. The first kappa shape index (κ1) is 14.5. The zero-order valence-corrected chi connectivity index (χ0v) is 12.2. The summed E-state index contributed by atoms with van der Waals surface area (Å²) in [6.45, 7) is 3.82. The van der Waals surface area contributed by atoms with Gasteiger partial charge in [0.25, 0.3) is 0 Å². The molecule has 2 aromatic rings. The van der Waals surface area contributed by atoms with Gasteiger partial charge in [-0.25, -0.2) is 0 Å². The lowest BCUT2D eigenvalue weighted by Crippen LogP contribution is -2.09. The van der Waals surface area contributed by atoms with Gasteiger partial charge in [0.05, 0.1) is 13.2 Å². The van der Waals surface area contributed by atoms with E-state index in [0.29, 0.717) is 0 Å². The fraction of sp³-hybridized carbons (Fsp3) is 0.176. The monoisotopic (exact) mass is 287 g/mol. The van der Waals surface area contributed by atoms with Gasteiger partial charge in [0.1, 0.15) is 5.75 Å². The second-order valence-corrected chi connectivity index (χ2v) is 4.94. The molecule has 1 N–H and O–H groups in total. The van der Waals surface area contributed by atoms with Gasteiger partial charge in [0.15, 0.2) is 0 Å². The second kappa shape index (κ2) is 7.01. The van der Waals surface area contributed by atoms with Crippen LogP contribution in [0.2, 0.25) is 5.02 Å². The smallest absolute Gasteiger partial charge is 0.119 e. The molecular weight excluding hydrogens is 270 g/mol. The predicted molar refractivity (Wildman–Crippen MR) is 85.6 cm³/mol. The van der Waals surface area contributed by atoms with Crippen LogP contribution in [0.25, 0.3) is 0 Å². The van der Waals surface area contributed by atoms with Crippen molar-refractivity contribution in [1.29, 1.82) is 0 Å². The number of nitrogens with one attached hydrogen (secondary N) is 1. The Balaban J connectivity index is 2.18. The van der Waals surface area contributed by atoms with Crippen LogP contribution in [0.15, 0.2) is 61.2 Å². The van der Waals surface area contributed by atoms with E-state index in [1.165, 1.54) is 0 Å². The third kappa shape index (κ3) is 3.78. The summed E-state index contributed by atoms with van der Waals surface area (Å²) in [5.74, 6) is 0.846. The summed E-state index contributed by atoms with van der Waals surface area (Å²) in [5, 5.41) is 4.23. The summed E-state index contributed by atoms with van der Waals surface area (Å²) < 4.78 is 5.16. The van der Waals surface area contributed by atoms with Crippen molar-refractivity contribution >= 4 is 17.3 Å². The fourth-order valence-electron chi connectivity index (χ4n) is 2.06. The summed E-state index contributed by atoms with van der Waals surface area (Å²) in [6.07, 6.45) is 2.73. The number of hydrogen-bond donors (Lipinski definition) is 1. The van der Waals surface area contributed by atoms with Gasteiger partial charge >= 0.3 is 0 Å². The van der Waals surface area contributed by atoms with Crippen LogP contribution in [-0.4, -0.2) is 7.11 Å². The Morgan fingerprint density at radius 3 is 2.60 bits per heavy atom. The van der Waals surface area contributed by atoms with Crippen molar-refractivity contribution in [3.63, 3.8) is 0 Å². The van der Waals surface area contributed by atoms with Crippen LogP contribution in [0.5, 0.6) is 5.75 Å². The zero-order valence-electron chi connectivity index (χ0n) is 11.5. The van der Waals surface area contributed by atoms with Crippen molar-refractivity contribution in [1.82, 2.24) is 0 Å². The van der Waals surface area contributed by atoms with E-state index >= 15 is 0 Å². The van der Waals surface area contributed by atoms with E-state index in [4.69, 9.17) is 16.3 Å². The molecule has 0 spiro atoms. The van der Waals surface area contributed by atoms with Crippen molar-refractivity contribution in [2.45, 2.75) is 12.5 Å². The Morgan fingerprint density at radius 1 is 1.25 bits per heavy atom. The molecule has 20 heavy (non-hydrogen) atoms. The average Bonchev–Trinajstić information content (AvgIpc) is 2.47. The maximum absolute atomic E-state index is 6.06. The molecule has 3 heteroatoms.